The molecule has 0 fully saturated rings. The highest BCUT2D eigenvalue weighted by atomic mass is 16.5. The Bertz CT molecular complexity index is 811. The van der Waals surface area contributed by atoms with Crippen molar-refractivity contribution in [2.45, 2.75) is 19.4 Å². The zero-order chi connectivity index (χ0) is 16.9. The number of aryl methyl sites for hydroxylation is 2. The van der Waals surface area contributed by atoms with E-state index < -0.39 is 0 Å². The normalized spacial score (nSPS) is 10.8. The van der Waals surface area contributed by atoms with Crippen molar-refractivity contribution in [2.75, 3.05) is 7.05 Å². The zero-order valence-corrected chi connectivity index (χ0v) is 13.6. The van der Waals surface area contributed by atoms with Crippen LogP contribution >= 0.6 is 0 Å². The van der Waals surface area contributed by atoms with Gasteiger partial charge in [-0.1, -0.05) is 5.16 Å². The largest absolute Gasteiger partial charge is 0.337 e. The van der Waals surface area contributed by atoms with E-state index in [4.69, 9.17) is 4.52 Å². The van der Waals surface area contributed by atoms with Crippen LogP contribution in [0.25, 0.3) is 11.4 Å². The molecule has 24 heavy (non-hydrogen) atoms. The summed E-state index contributed by atoms with van der Waals surface area (Å²) in [5.41, 5.74) is 1.86. The molecule has 0 saturated heterocycles. The number of pyridine rings is 1. The molecule has 124 valence electrons. The number of carbonyl (C=O) groups is 1. The summed E-state index contributed by atoms with van der Waals surface area (Å²) in [6.07, 6.45) is 8.08. The molecule has 0 atom stereocenters. The van der Waals surface area contributed by atoms with Crippen LogP contribution in [0.5, 0.6) is 0 Å². The first kappa shape index (κ1) is 15.9. The summed E-state index contributed by atoms with van der Waals surface area (Å²) in [5.74, 6) is 0.908. The Hall–Kier alpha value is -3.03. The van der Waals surface area contributed by atoms with E-state index in [-0.39, 0.29) is 12.5 Å². The van der Waals surface area contributed by atoms with Gasteiger partial charge in [0.05, 0.1) is 12.7 Å². The number of rotatable bonds is 6. The van der Waals surface area contributed by atoms with E-state index in [0.717, 1.165) is 11.1 Å². The van der Waals surface area contributed by atoms with Crippen molar-refractivity contribution >= 4 is 5.91 Å². The second-order valence-electron chi connectivity index (χ2n) is 5.52. The van der Waals surface area contributed by atoms with E-state index in [2.05, 4.69) is 20.2 Å². The molecule has 0 aromatic carbocycles. The van der Waals surface area contributed by atoms with Crippen molar-refractivity contribution in [1.82, 2.24) is 29.8 Å². The van der Waals surface area contributed by atoms with Crippen LogP contribution in [0.1, 0.15) is 17.9 Å². The van der Waals surface area contributed by atoms with Crippen molar-refractivity contribution in [3.05, 3.63) is 48.4 Å². The van der Waals surface area contributed by atoms with Gasteiger partial charge in [-0.05, 0) is 24.1 Å². The minimum Gasteiger partial charge on any atom is -0.337 e. The Morgan fingerprint density at radius 3 is 2.83 bits per heavy atom. The van der Waals surface area contributed by atoms with Crippen LogP contribution in [0.2, 0.25) is 0 Å². The lowest BCUT2D eigenvalue weighted by Crippen LogP contribution is -2.26. The van der Waals surface area contributed by atoms with Crippen molar-refractivity contribution in [1.29, 1.82) is 0 Å². The average molecular weight is 326 g/mol. The molecule has 8 heteroatoms. The van der Waals surface area contributed by atoms with E-state index in [1.807, 2.05) is 13.2 Å². The number of hydrogen-bond donors (Lipinski definition) is 0. The fourth-order valence-electron chi connectivity index (χ4n) is 2.27. The van der Waals surface area contributed by atoms with Gasteiger partial charge in [0.15, 0.2) is 0 Å². The molecule has 3 rings (SSSR count). The topological polar surface area (TPSA) is 89.9 Å². The van der Waals surface area contributed by atoms with Gasteiger partial charge in [-0.3, -0.25) is 14.5 Å². The number of hydrogen-bond acceptors (Lipinski definition) is 6. The first-order valence-electron chi connectivity index (χ1n) is 7.56. The molecule has 1 amide bonds. The van der Waals surface area contributed by atoms with Gasteiger partial charge >= 0.3 is 0 Å². The quantitative estimate of drug-likeness (QED) is 0.681. The molecule has 3 aromatic heterocycles. The molecule has 0 bridgehead atoms. The lowest BCUT2D eigenvalue weighted by atomic mass is 10.2. The van der Waals surface area contributed by atoms with Gasteiger partial charge in [-0.25, -0.2) is 0 Å². The highest BCUT2D eigenvalue weighted by Crippen LogP contribution is 2.15. The molecule has 0 N–H and O–H groups in total. The first-order chi connectivity index (χ1) is 11.6. The Kier molecular flexibility index (Phi) is 4.64. The van der Waals surface area contributed by atoms with E-state index in [0.29, 0.717) is 24.6 Å². The third-order valence-corrected chi connectivity index (χ3v) is 3.59. The molecule has 0 spiro atoms. The maximum Gasteiger partial charge on any atom is 0.246 e. The van der Waals surface area contributed by atoms with Crippen molar-refractivity contribution in [3.63, 3.8) is 0 Å². The van der Waals surface area contributed by atoms with Gasteiger partial charge in [0, 0.05) is 44.7 Å². The van der Waals surface area contributed by atoms with Gasteiger partial charge in [0.1, 0.15) is 0 Å². The Balaban J connectivity index is 1.55. The number of amides is 1. The fraction of sp³-hybridized carbons (Fsp3) is 0.312. The number of aromatic nitrogens is 5. The summed E-state index contributed by atoms with van der Waals surface area (Å²) in [7, 11) is 3.58. The minimum atomic E-state index is 0.0162. The minimum absolute atomic E-state index is 0.0162. The van der Waals surface area contributed by atoms with E-state index in [1.54, 1.807) is 47.4 Å². The molecular formula is C16H18N6O2. The van der Waals surface area contributed by atoms with Crippen LogP contribution in [0, 0.1) is 0 Å². The monoisotopic (exact) mass is 326 g/mol. The van der Waals surface area contributed by atoms with Gasteiger partial charge in [-0.15, -0.1) is 0 Å². The van der Waals surface area contributed by atoms with Crippen molar-refractivity contribution in [3.8, 4) is 11.4 Å². The van der Waals surface area contributed by atoms with Crippen molar-refractivity contribution in [2.24, 2.45) is 7.05 Å². The fourth-order valence-corrected chi connectivity index (χ4v) is 2.27. The molecule has 3 heterocycles. The van der Waals surface area contributed by atoms with Gasteiger partial charge < -0.3 is 9.42 Å². The summed E-state index contributed by atoms with van der Waals surface area (Å²) in [4.78, 5) is 22.1. The maximum atomic E-state index is 12.2. The van der Waals surface area contributed by atoms with Crippen LogP contribution in [0.15, 0.2) is 41.4 Å². The lowest BCUT2D eigenvalue weighted by Gasteiger charge is -2.14. The summed E-state index contributed by atoms with van der Waals surface area (Å²) in [6, 6.07) is 3.61. The Labute approximate surface area is 139 Å². The van der Waals surface area contributed by atoms with Crippen LogP contribution in [-0.4, -0.2) is 42.8 Å². The highest BCUT2D eigenvalue weighted by molar-refractivity contribution is 5.76. The van der Waals surface area contributed by atoms with Crippen LogP contribution in [0.3, 0.4) is 0 Å². The third-order valence-electron chi connectivity index (χ3n) is 3.59. The van der Waals surface area contributed by atoms with Gasteiger partial charge in [0.2, 0.25) is 17.6 Å². The molecule has 3 aromatic rings. The third kappa shape index (κ3) is 3.83. The summed E-state index contributed by atoms with van der Waals surface area (Å²) in [6.45, 7) is 0.282. The standard InChI is InChI=1S/C16H18N6O2/c1-21(15(23)4-3-12-9-18-22(2)10-12)11-14-19-16(20-24-14)13-5-7-17-8-6-13/h5-10H,3-4,11H2,1-2H3. The first-order valence-corrected chi connectivity index (χ1v) is 7.56. The van der Waals surface area contributed by atoms with E-state index in [1.165, 1.54) is 0 Å². The molecule has 8 nitrogen and oxygen atoms in total. The molecule has 0 radical (unpaired) electrons. The number of nitrogens with zero attached hydrogens (tertiary/aromatic N) is 6. The van der Waals surface area contributed by atoms with Crippen LogP contribution < -0.4 is 0 Å². The SMILES string of the molecule is CN(Cc1nc(-c2ccncc2)no1)C(=O)CCc1cnn(C)c1. The Morgan fingerprint density at radius 2 is 2.12 bits per heavy atom. The predicted molar refractivity (Wildman–Crippen MR) is 85.5 cm³/mol. The van der Waals surface area contributed by atoms with Crippen LogP contribution in [0.4, 0.5) is 0 Å². The molecule has 0 aliphatic rings. The lowest BCUT2D eigenvalue weighted by molar-refractivity contribution is -0.130. The van der Waals surface area contributed by atoms with Crippen molar-refractivity contribution < 1.29 is 9.32 Å². The number of carbonyl (C=O) groups excluding carboxylic acids is 1. The molecule has 0 aliphatic heterocycles. The van der Waals surface area contributed by atoms with Gasteiger partial charge in [-0.2, -0.15) is 10.1 Å². The second kappa shape index (κ2) is 7.03. The maximum absolute atomic E-state index is 12.2. The molecular weight excluding hydrogens is 308 g/mol. The van der Waals surface area contributed by atoms with Crippen LogP contribution in [-0.2, 0) is 24.8 Å². The predicted octanol–water partition coefficient (Wildman–Crippen LogP) is 1.46. The highest BCUT2D eigenvalue weighted by Gasteiger charge is 2.15. The second-order valence-corrected chi connectivity index (χ2v) is 5.52. The van der Waals surface area contributed by atoms with Gasteiger partial charge in [0.25, 0.3) is 0 Å². The van der Waals surface area contributed by atoms with E-state index >= 15 is 0 Å². The molecule has 0 aliphatic carbocycles. The average Bonchev–Trinajstić information content (AvgIpc) is 3.22. The summed E-state index contributed by atoms with van der Waals surface area (Å²) in [5, 5.41) is 8.03. The Morgan fingerprint density at radius 1 is 1.33 bits per heavy atom. The molecule has 0 unspecified atom stereocenters. The smallest absolute Gasteiger partial charge is 0.246 e. The summed E-state index contributed by atoms with van der Waals surface area (Å²) >= 11 is 0. The molecule has 0 saturated carbocycles. The van der Waals surface area contributed by atoms with E-state index in [9.17, 15) is 4.79 Å². The summed E-state index contributed by atoms with van der Waals surface area (Å²) < 4.78 is 6.94. The zero-order valence-electron chi connectivity index (χ0n) is 13.6.